The van der Waals surface area contributed by atoms with Crippen LogP contribution in [0.3, 0.4) is 0 Å². The average molecular weight is 417 g/mol. The molecule has 1 aliphatic carbocycles. The van der Waals surface area contributed by atoms with Gasteiger partial charge in [-0.2, -0.15) is 13.2 Å². The summed E-state index contributed by atoms with van der Waals surface area (Å²) < 4.78 is 77.7. The standard InChI is InChI=1S/C19H22F3NO4S/c1-4-26-14-6-7-15(10-14)28(24,25)17-8-5-13(9-16(17)19(20,21)22)18-11(2)23-27-12(18)3/h5,8-9,14-15H,4,6-7,10H2,1-3H3/t14-,15-/m0/s1. The summed E-state index contributed by atoms with van der Waals surface area (Å²) in [5, 5.41) is 2.88. The molecular formula is C19H22F3NO4S. The summed E-state index contributed by atoms with van der Waals surface area (Å²) in [5.41, 5.74) is -0.0608. The summed E-state index contributed by atoms with van der Waals surface area (Å²) in [4.78, 5) is -0.683. The van der Waals surface area contributed by atoms with E-state index < -0.39 is 31.7 Å². The fraction of sp³-hybridized carbons (Fsp3) is 0.526. The first-order valence-electron chi connectivity index (χ1n) is 9.05. The molecule has 2 atom stereocenters. The van der Waals surface area contributed by atoms with Crippen molar-refractivity contribution in [1.82, 2.24) is 5.16 Å². The molecule has 154 valence electrons. The lowest BCUT2D eigenvalue weighted by Crippen LogP contribution is -2.23. The van der Waals surface area contributed by atoms with Crippen LogP contribution in [0.1, 0.15) is 43.2 Å². The Morgan fingerprint density at radius 3 is 2.54 bits per heavy atom. The number of sulfone groups is 1. The van der Waals surface area contributed by atoms with Gasteiger partial charge in [-0.05, 0) is 57.7 Å². The van der Waals surface area contributed by atoms with Crippen LogP contribution in [0.5, 0.6) is 0 Å². The van der Waals surface area contributed by atoms with Gasteiger partial charge in [0, 0.05) is 12.2 Å². The van der Waals surface area contributed by atoms with Crippen molar-refractivity contribution in [2.75, 3.05) is 6.61 Å². The molecule has 1 aromatic heterocycles. The topological polar surface area (TPSA) is 69.4 Å². The molecule has 0 unspecified atom stereocenters. The molecule has 0 bridgehead atoms. The average Bonchev–Trinajstić information content (AvgIpc) is 3.21. The Balaban J connectivity index is 2.06. The predicted molar refractivity (Wildman–Crippen MR) is 96.7 cm³/mol. The third-order valence-corrected chi connectivity index (χ3v) is 7.37. The Morgan fingerprint density at radius 1 is 1.25 bits per heavy atom. The summed E-state index contributed by atoms with van der Waals surface area (Å²) in [6.07, 6.45) is -4.03. The van der Waals surface area contributed by atoms with Crippen LogP contribution >= 0.6 is 0 Å². The molecule has 1 heterocycles. The smallest absolute Gasteiger partial charge is 0.378 e. The normalized spacial score (nSPS) is 20.6. The second-order valence-electron chi connectivity index (χ2n) is 6.97. The Kier molecular flexibility index (Phi) is 5.60. The van der Waals surface area contributed by atoms with Crippen molar-refractivity contribution >= 4 is 9.84 Å². The minimum Gasteiger partial charge on any atom is -0.378 e. The Labute approximate surface area is 161 Å². The van der Waals surface area contributed by atoms with Crippen molar-refractivity contribution in [2.24, 2.45) is 0 Å². The van der Waals surface area contributed by atoms with Crippen LogP contribution in [0.2, 0.25) is 0 Å². The number of aromatic nitrogens is 1. The molecule has 0 radical (unpaired) electrons. The Morgan fingerprint density at radius 2 is 1.96 bits per heavy atom. The predicted octanol–water partition coefficient (Wildman–Crippen LogP) is 4.71. The van der Waals surface area contributed by atoms with Gasteiger partial charge in [0.1, 0.15) is 5.76 Å². The van der Waals surface area contributed by atoms with Crippen molar-refractivity contribution in [2.45, 2.75) is 62.5 Å². The van der Waals surface area contributed by atoms with E-state index >= 15 is 0 Å². The molecule has 0 spiro atoms. The van der Waals surface area contributed by atoms with Gasteiger partial charge in [-0.15, -0.1) is 0 Å². The fourth-order valence-corrected chi connectivity index (χ4v) is 5.81. The Bertz CT molecular complexity index is 947. The van der Waals surface area contributed by atoms with Gasteiger partial charge >= 0.3 is 6.18 Å². The highest BCUT2D eigenvalue weighted by molar-refractivity contribution is 7.92. The summed E-state index contributed by atoms with van der Waals surface area (Å²) in [7, 11) is -4.15. The van der Waals surface area contributed by atoms with Gasteiger partial charge in [-0.3, -0.25) is 0 Å². The van der Waals surface area contributed by atoms with Gasteiger partial charge in [0.05, 0.1) is 27.5 Å². The van der Waals surface area contributed by atoms with Crippen molar-refractivity contribution < 1.29 is 30.8 Å². The van der Waals surface area contributed by atoms with E-state index in [4.69, 9.17) is 9.26 Å². The van der Waals surface area contributed by atoms with E-state index in [1.165, 1.54) is 6.07 Å². The molecule has 1 aliphatic rings. The summed E-state index contributed by atoms with van der Waals surface area (Å²) >= 11 is 0. The fourth-order valence-electron chi connectivity index (χ4n) is 3.80. The van der Waals surface area contributed by atoms with Crippen LogP contribution in [0.4, 0.5) is 13.2 Å². The summed E-state index contributed by atoms with van der Waals surface area (Å²) in [5.74, 6) is 0.372. The zero-order valence-corrected chi connectivity index (χ0v) is 16.7. The quantitative estimate of drug-likeness (QED) is 0.705. The van der Waals surface area contributed by atoms with Gasteiger partial charge < -0.3 is 9.26 Å². The maximum atomic E-state index is 13.8. The van der Waals surface area contributed by atoms with Gasteiger partial charge in [-0.25, -0.2) is 8.42 Å². The maximum absolute atomic E-state index is 13.8. The van der Waals surface area contributed by atoms with Crippen LogP contribution in [0.15, 0.2) is 27.6 Å². The van der Waals surface area contributed by atoms with Gasteiger partial charge in [0.2, 0.25) is 0 Å². The number of rotatable bonds is 5. The minimum atomic E-state index is -4.81. The monoisotopic (exact) mass is 417 g/mol. The molecule has 3 rings (SSSR count). The first-order valence-corrected chi connectivity index (χ1v) is 10.6. The molecule has 0 N–H and O–H groups in total. The molecule has 1 fully saturated rings. The minimum absolute atomic E-state index is 0.207. The largest absolute Gasteiger partial charge is 0.417 e. The third-order valence-electron chi connectivity index (χ3n) is 5.09. The van der Waals surface area contributed by atoms with Crippen molar-refractivity contribution in [1.29, 1.82) is 0 Å². The number of benzene rings is 1. The maximum Gasteiger partial charge on any atom is 0.417 e. The van der Waals surface area contributed by atoms with E-state index in [0.29, 0.717) is 30.0 Å². The van der Waals surface area contributed by atoms with Crippen LogP contribution in [-0.2, 0) is 20.8 Å². The zero-order valence-electron chi connectivity index (χ0n) is 15.8. The van der Waals surface area contributed by atoms with E-state index in [1.54, 1.807) is 20.8 Å². The van der Waals surface area contributed by atoms with Gasteiger partial charge in [0.25, 0.3) is 0 Å². The van der Waals surface area contributed by atoms with Gasteiger partial charge in [0.15, 0.2) is 9.84 Å². The van der Waals surface area contributed by atoms with Crippen LogP contribution in [-0.4, -0.2) is 31.5 Å². The van der Waals surface area contributed by atoms with E-state index in [1.807, 2.05) is 0 Å². The molecule has 1 aromatic carbocycles. The first kappa shape index (κ1) is 20.9. The Hall–Kier alpha value is -1.87. The van der Waals surface area contributed by atoms with E-state index in [-0.39, 0.29) is 24.5 Å². The molecule has 0 aliphatic heterocycles. The third kappa shape index (κ3) is 3.82. The molecular weight excluding hydrogens is 395 g/mol. The van der Waals surface area contributed by atoms with E-state index in [9.17, 15) is 21.6 Å². The molecule has 0 amide bonds. The lowest BCUT2D eigenvalue weighted by Gasteiger charge is -2.18. The molecule has 1 saturated carbocycles. The lowest BCUT2D eigenvalue weighted by molar-refractivity contribution is -0.139. The van der Waals surface area contributed by atoms with Crippen molar-refractivity contribution in [3.05, 3.63) is 35.2 Å². The van der Waals surface area contributed by atoms with E-state index in [0.717, 1.165) is 12.1 Å². The van der Waals surface area contributed by atoms with Crippen molar-refractivity contribution in [3.8, 4) is 11.1 Å². The first-order chi connectivity index (χ1) is 13.1. The van der Waals surface area contributed by atoms with Crippen LogP contribution in [0, 0.1) is 13.8 Å². The second kappa shape index (κ2) is 7.51. The number of alkyl halides is 3. The van der Waals surface area contributed by atoms with Gasteiger partial charge in [-0.1, -0.05) is 11.2 Å². The number of hydrogen-bond acceptors (Lipinski definition) is 5. The molecule has 5 nitrogen and oxygen atoms in total. The lowest BCUT2D eigenvalue weighted by atomic mass is 10.0. The summed E-state index contributed by atoms with van der Waals surface area (Å²) in [6, 6.07) is 3.30. The van der Waals surface area contributed by atoms with Crippen LogP contribution in [0.25, 0.3) is 11.1 Å². The highest BCUT2D eigenvalue weighted by Gasteiger charge is 2.42. The highest BCUT2D eigenvalue weighted by atomic mass is 32.2. The molecule has 28 heavy (non-hydrogen) atoms. The van der Waals surface area contributed by atoms with Crippen LogP contribution < -0.4 is 0 Å². The number of nitrogens with zero attached hydrogens (tertiary/aromatic N) is 1. The number of hydrogen-bond donors (Lipinski definition) is 0. The van der Waals surface area contributed by atoms with E-state index in [2.05, 4.69) is 5.16 Å². The molecule has 9 heteroatoms. The highest BCUT2D eigenvalue weighted by Crippen LogP contribution is 2.41. The van der Waals surface area contributed by atoms with Crippen molar-refractivity contribution in [3.63, 3.8) is 0 Å². The number of halogens is 3. The second-order valence-corrected chi connectivity index (χ2v) is 9.16. The zero-order chi connectivity index (χ0) is 20.7. The number of ether oxygens (including phenoxy) is 1. The molecule has 0 saturated heterocycles. The molecule has 2 aromatic rings. The SMILES string of the molecule is CCO[C@H]1CC[C@H](S(=O)(=O)c2ccc(-c3c(C)noc3C)cc2C(F)(F)F)C1. The summed E-state index contributed by atoms with van der Waals surface area (Å²) in [6.45, 7) is 5.46. The number of aryl methyl sites for hydroxylation is 2.